The second kappa shape index (κ2) is 18.1. The molecule has 0 spiro atoms. The Hall–Kier alpha value is -5.43. The van der Waals surface area contributed by atoms with Crippen LogP contribution in [0.2, 0.25) is 0 Å². The van der Waals surface area contributed by atoms with Crippen LogP contribution in [0, 0.1) is 23.7 Å². The third-order valence-electron chi connectivity index (χ3n) is 13.0. The van der Waals surface area contributed by atoms with Crippen LogP contribution in [0.15, 0.2) is 18.2 Å². The Morgan fingerprint density at radius 2 is 1.63 bits per heavy atom. The Morgan fingerprint density at radius 1 is 0.935 bits per heavy atom. The topological polar surface area (TPSA) is 273 Å². The first-order chi connectivity index (χ1) is 29.0. The Balaban J connectivity index is 0.00000641. The van der Waals surface area contributed by atoms with Crippen molar-refractivity contribution in [3.8, 4) is 17.2 Å². The van der Waals surface area contributed by atoms with Gasteiger partial charge in [0, 0.05) is 48.4 Å². The highest BCUT2D eigenvalue weighted by Gasteiger charge is 2.50. The van der Waals surface area contributed by atoms with Crippen LogP contribution >= 0.6 is 0 Å². The predicted molar refractivity (Wildman–Crippen MR) is 214 cm³/mol. The Bertz CT molecular complexity index is 2160. The molecule has 0 bridgehead atoms. The molecule has 1 saturated heterocycles. The van der Waals surface area contributed by atoms with Gasteiger partial charge in [-0.25, -0.2) is 4.79 Å². The number of Topliss-reactive ketones (excluding diaryl/α,β-unsaturated/α-hetero) is 1. The van der Waals surface area contributed by atoms with Crippen LogP contribution in [-0.4, -0.2) is 123 Å². The number of carbonyl (C=O) groups is 7. The van der Waals surface area contributed by atoms with E-state index in [1.807, 2.05) is 0 Å². The number of ether oxygens (including phenoxy) is 4. The fourth-order valence-corrected chi connectivity index (χ4v) is 9.68. The standard InChI is InChI=1S/C43H50N2O16.CH4/c1-19-11-23(13-26(35(19)49)44-42(56)60-18-59-41(55)22-9-7-21(8-10-22)16-45-30(48)12-20(2)40(45)54)61-28-15-43(57,29(47)17-46)14-25-32(28)39(53)34-33(37(25)51)36(50)24-5-4-6-27(58-3)31(24)38(34)52;/h4-6,19-23,26,28,35,46,49,51,53,57H,7-18H2,1-3H3,(H,44,56);1H4/t19-,20?,21?,22?,23-,26+,28+,35-,43+;/m1./s1. The fourth-order valence-electron chi connectivity index (χ4n) is 9.68. The lowest BCUT2D eigenvalue weighted by Gasteiger charge is -2.43. The maximum Gasteiger partial charge on any atom is 0.410 e. The van der Waals surface area contributed by atoms with Crippen LogP contribution < -0.4 is 10.1 Å². The quantitative estimate of drug-likeness (QED) is 0.0700. The van der Waals surface area contributed by atoms with Crippen LogP contribution in [0.1, 0.15) is 122 Å². The molecule has 2 aromatic carbocycles. The minimum Gasteiger partial charge on any atom is -0.507 e. The third kappa shape index (κ3) is 8.40. The molecule has 1 aliphatic heterocycles. The van der Waals surface area contributed by atoms with Crippen molar-refractivity contribution in [1.29, 1.82) is 0 Å². The number of imide groups is 1. The van der Waals surface area contributed by atoms with Gasteiger partial charge < -0.3 is 49.8 Å². The summed E-state index contributed by atoms with van der Waals surface area (Å²) in [4.78, 5) is 92.2. The lowest BCUT2D eigenvalue weighted by molar-refractivity contribution is -0.159. The second-order valence-electron chi connectivity index (χ2n) is 17.0. The van der Waals surface area contributed by atoms with Gasteiger partial charge in [-0.1, -0.05) is 33.4 Å². The summed E-state index contributed by atoms with van der Waals surface area (Å²) in [7, 11) is 1.30. The molecule has 0 radical (unpaired) electrons. The highest BCUT2D eigenvalue weighted by atomic mass is 16.7. The van der Waals surface area contributed by atoms with Gasteiger partial charge in [0.1, 0.15) is 29.5 Å². The first-order valence-corrected chi connectivity index (χ1v) is 20.5. The number of benzene rings is 2. The summed E-state index contributed by atoms with van der Waals surface area (Å²) in [6.45, 7) is 1.95. The van der Waals surface area contributed by atoms with Crippen LogP contribution in [-0.2, 0) is 39.8 Å². The van der Waals surface area contributed by atoms with E-state index in [2.05, 4.69) is 5.32 Å². The number of nitrogens with zero attached hydrogens (tertiary/aromatic N) is 1. The smallest absolute Gasteiger partial charge is 0.410 e. The van der Waals surface area contributed by atoms with Crippen molar-refractivity contribution in [2.24, 2.45) is 23.7 Å². The number of ketones is 3. The zero-order valence-electron chi connectivity index (χ0n) is 34.0. The van der Waals surface area contributed by atoms with Crippen LogP contribution in [0.25, 0.3) is 0 Å². The number of aromatic hydroxyl groups is 2. The molecule has 6 N–H and O–H groups in total. The van der Waals surface area contributed by atoms with Crippen LogP contribution in [0.4, 0.5) is 4.79 Å². The Labute approximate surface area is 357 Å². The highest BCUT2D eigenvalue weighted by molar-refractivity contribution is 6.31. The van der Waals surface area contributed by atoms with Gasteiger partial charge in [-0.15, -0.1) is 0 Å². The van der Waals surface area contributed by atoms with Crippen molar-refractivity contribution >= 4 is 41.2 Å². The van der Waals surface area contributed by atoms with Crippen molar-refractivity contribution < 1.29 is 78.0 Å². The first-order valence-electron chi connectivity index (χ1n) is 20.5. The average molecular weight is 867 g/mol. The number of esters is 1. The summed E-state index contributed by atoms with van der Waals surface area (Å²) >= 11 is 0. The van der Waals surface area contributed by atoms with Gasteiger partial charge in [-0.05, 0) is 56.4 Å². The van der Waals surface area contributed by atoms with Crippen LogP contribution in [0.3, 0.4) is 0 Å². The molecule has 2 aromatic rings. The lowest BCUT2D eigenvalue weighted by atomic mass is 9.71. The molecule has 18 nitrogen and oxygen atoms in total. The van der Waals surface area contributed by atoms with Crippen molar-refractivity contribution in [2.45, 2.75) is 109 Å². The van der Waals surface area contributed by atoms with Gasteiger partial charge in [0.2, 0.25) is 24.4 Å². The van der Waals surface area contributed by atoms with Crippen molar-refractivity contribution in [2.75, 3.05) is 27.1 Å². The number of carbonyl (C=O) groups excluding carboxylic acids is 7. The molecule has 336 valence electrons. The number of fused-ring (bicyclic) bond motifs is 3. The third-order valence-corrected chi connectivity index (χ3v) is 13.0. The zero-order valence-corrected chi connectivity index (χ0v) is 34.0. The number of rotatable bonds is 11. The minimum absolute atomic E-state index is 0. The number of phenols is 2. The number of aliphatic hydroxyl groups excluding tert-OH is 2. The maximum atomic E-state index is 14.0. The molecule has 7 rings (SSSR count). The molecule has 0 aromatic heterocycles. The monoisotopic (exact) mass is 866 g/mol. The number of phenolic OH excluding ortho intramolecular Hbond substituents is 2. The average Bonchev–Trinajstić information content (AvgIpc) is 3.47. The number of likely N-dealkylation sites (tertiary alicyclic amines) is 1. The van der Waals surface area contributed by atoms with E-state index in [0.717, 1.165) is 0 Å². The summed E-state index contributed by atoms with van der Waals surface area (Å²) in [6, 6.07) is 3.32. The van der Waals surface area contributed by atoms with E-state index >= 15 is 0 Å². The number of amides is 3. The molecule has 62 heavy (non-hydrogen) atoms. The van der Waals surface area contributed by atoms with Crippen LogP contribution in [0.5, 0.6) is 17.2 Å². The van der Waals surface area contributed by atoms with Gasteiger partial charge in [0.15, 0.2) is 11.6 Å². The number of methoxy groups -OCH3 is 1. The number of aliphatic hydroxyl groups is 3. The van der Waals surface area contributed by atoms with E-state index in [9.17, 15) is 59.1 Å². The predicted octanol–water partition coefficient (Wildman–Crippen LogP) is 2.77. The molecule has 1 unspecified atom stereocenters. The molecule has 3 fully saturated rings. The van der Waals surface area contributed by atoms with Crippen molar-refractivity contribution in [3.05, 3.63) is 51.6 Å². The molecule has 2 saturated carbocycles. The normalized spacial score (nSPS) is 29.2. The molecule has 18 heteroatoms. The summed E-state index contributed by atoms with van der Waals surface area (Å²) in [5.41, 5.74) is -4.00. The summed E-state index contributed by atoms with van der Waals surface area (Å²) in [6.07, 6.45) is -3.04. The van der Waals surface area contributed by atoms with E-state index in [0.29, 0.717) is 32.2 Å². The van der Waals surface area contributed by atoms with Gasteiger partial charge in [0.05, 0.1) is 54.1 Å². The molecular weight excluding hydrogens is 812 g/mol. The van der Waals surface area contributed by atoms with E-state index in [4.69, 9.17) is 18.9 Å². The highest BCUT2D eigenvalue weighted by Crippen LogP contribution is 2.53. The Kier molecular flexibility index (Phi) is 13.5. The van der Waals surface area contributed by atoms with Crippen molar-refractivity contribution in [1.82, 2.24) is 10.2 Å². The zero-order chi connectivity index (χ0) is 44.1. The second-order valence-corrected chi connectivity index (χ2v) is 17.0. The minimum atomic E-state index is -2.33. The van der Waals surface area contributed by atoms with Gasteiger partial charge >= 0.3 is 12.1 Å². The van der Waals surface area contributed by atoms with E-state index in [1.54, 1.807) is 13.8 Å². The number of hydrogen-bond donors (Lipinski definition) is 6. The Morgan fingerprint density at radius 3 is 2.27 bits per heavy atom. The fraction of sp³-hybridized carbons (Fsp3) is 0.568. The SMILES string of the molecule is C.COc1cccc2c1C(=O)c1c(O)c3c(c(O)c1C2=O)C[C@@](O)(C(=O)CO)C[C@@H]3O[C@@H]1C[C@@H](C)[C@@H](O)[C@@H](NC(=O)OCOC(=O)C2CCC(CN3C(=O)CC(C)C3=O)CC2)C1. The van der Waals surface area contributed by atoms with Gasteiger partial charge in [-0.2, -0.15) is 0 Å². The van der Waals surface area contributed by atoms with E-state index < -0.39 is 120 Å². The molecule has 3 amide bonds. The molecule has 1 heterocycles. The maximum absolute atomic E-state index is 14.0. The molecule has 5 aliphatic rings. The number of alkyl carbamates (subject to hydrolysis) is 1. The summed E-state index contributed by atoms with van der Waals surface area (Å²) in [5.74, 6) is -6.20. The molecule has 4 aliphatic carbocycles. The van der Waals surface area contributed by atoms with Crippen molar-refractivity contribution in [3.63, 3.8) is 0 Å². The molecular formula is C44H54N2O16. The van der Waals surface area contributed by atoms with E-state index in [1.165, 1.54) is 30.2 Å². The largest absolute Gasteiger partial charge is 0.507 e. The van der Waals surface area contributed by atoms with Gasteiger partial charge in [-0.3, -0.25) is 33.7 Å². The van der Waals surface area contributed by atoms with Gasteiger partial charge in [0.25, 0.3) is 0 Å². The van der Waals surface area contributed by atoms with E-state index in [-0.39, 0.29) is 78.3 Å². The molecule has 7 atom stereocenters. The summed E-state index contributed by atoms with van der Waals surface area (Å²) < 4.78 is 22.1. The summed E-state index contributed by atoms with van der Waals surface area (Å²) in [5, 5.41) is 58.4. The number of hydrogen-bond acceptors (Lipinski definition) is 16. The number of nitrogens with one attached hydrogen (secondary N) is 1. The first kappa shape index (κ1) is 46.1. The lowest BCUT2D eigenvalue weighted by Crippen LogP contribution is -2.53.